The van der Waals surface area contributed by atoms with E-state index in [2.05, 4.69) is 13.8 Å². The first-order chi connectivity index (χ1) is 8.84. The summed E-state index contributed by atoms with van der Waals surface area (Å²) in [5.41, 5.74) is 0.123. The smallest absolute Gasteiger partial charge is 0.191 e. The number of carbonyl (C=O) groups is 1. The maximum atomic E-state index is 12.7. The van der Waals surface area contributed by atoms with Gasteiger partial charge in [0.1, 0.15) is 0 Å². The summed E-state index contributed by atoms with van der Waals surface area (Å²) in [6, 6.07) is 3.78. The van der Waals surface area contributed by atoms with Crippen molar-refractivity contribution in [1.29, 1.82) is 10.5 Å². The van der Waals surface area contributed by atoms with Crippen LogP contribution >= 0.6 is 0 Å². The van der Waals surface area contributed by atoms with Gasteiger partial charge in [-0.15, -0.1) is 0 Å². The second-order valence-electron chi connectivity index (χ2n) is 7.97. The minimum absolute atomic E-state index is 0.0842. The summed E-state index contributed by atoms with van der Waals surface area (Å²) in [5, 5.41) is 18.1. The van der Waals surface area contributed by atoms with E-state index in [4.69, 9.17) is 10.5 Å². The lowest BCUT2D eigenvalue weighted by atomic mass is 9.39. The molecule has 4 aliphatic rings. The Hall–Kier alpha value is -1.35. The van der Waals surface area contributed by atoms with E-state index < -0.39 is 5.92 Å². The van der Waals surface area contributed by atoms with Gasteiger partial charge >= 0.3 is 0 Å². The Morgan fingerprint density at radius 3 is 2.00 bits per heavy atom. The van der Waals surface area contributed by atoms with Gasteiger partial charge in [-0.05, 0) is 55.3 Å². The maximum absolute atomic E-state index is 12.7. The first kappa shape index (κ1) is 12.7. The number of carbonyl (C=O) groups excluding carboxylic acids is 1. The van der Waals surface area contributed by atoms with Gasteiger partial charge in [-0.3, -0.25) is 4.79 Å². The van der Waals surface area contributed by atoms with Gasteiger partial charge in [-0.2, -0.15) is 10.5 Å². The molecule has 0 aliphatic heterocycles. The third-order valence-corrected chi connectivity index (χ3v) is 5.67. The average Bonchev–Trinajstić information content (AvgIpc) is 2.25. The molecular weight excluding hydrogens is 236 g/mol. The fourth-order valence-electron chi connectivity index (χ4n) is 6.17. The largest absolute Gasteiger partial charge is 0.296 e. The van der Waals surface area contributed by atoms with Crippen LogP contribution in [0.15, 0.2) is 0 Å². The Labute approximate surface area is 114 Å². The Morgan fingerprint density at radius 1 is 1.05 bits per heavy atom. The van der Waals surface area contributed by atoms with Crippen LogP contribution < -0.4 is 0 Å². The molecule has 4 aliphatic carbocycles. The summed E-state index contributed by atoms with van der Waals surface area (Å²) in [7, 11) is 0. The Morgan fingerprint density at radius 2 is 1.58 bits per heavy atom. The number of rotatable bonds is 2. The Bertz CT molecular complexity index is 492. The van der Waals surface area contributed by atoms with Crippen molar-refractivity contribution in [2.45, 2.75) is 52.4 Å². The lowest BCUT2D eigenvalue weighted by Gasteiger charge is -2.64. The van der Waals surface area contributed by atoms with Crippen molar-refractivity contribution < 1.29 is 4.79 Å². The molecule has 4 saturated carbocycles. The molecule has 3 nitrogen and oxygen atoms in total. The van der Waals surface area contributed by atoms with Gasteiger partial charge in [0, 0.05) is 5.41 Å². The molecule has 0 radical (unpaired) electrons. The van der Waals surface area contributed by atoms with Crippen LogP contribution in [0.5, 0.6) is 0 Å². The van der Waals surface area contributed by atoms with Gasteiger partial charge in [0.15, 0.2) is 11.7 Å². The van der Waals surface area contributed by atoms with E-state index in [9.17, 15) is 4.79 Å². The van der Waals surface area contributed by atoms with Crippen LogP contribution in [0.2, 0.25) is 0 Å². The van der Waals surface area contributed by atoms with Crippen LogP contribution in [0, 0.1) is 50.7 Å². The summed E-state index contributed by atoms with van der Waals surface area (Å²) in [4.78, 5) is 12.7. The van der Waals surface area contributed by atoms with Gasteiger partial charge in [-0.1, -0.05) is 13.8 Å². The Balaban J connectivity index is 2.00. The minimum atomic E-state index is -1.07. The zero-order chi connectivity index (χ0) is 13.9. The van der Waals surface area contributed by atoms with Crippen LogP contribution in [-0.4, -0.2) is 5.78 Å². The SMILES string of the molecule is CC12CC3CC(C)(C1)CC(C(=O)C(C#N)C#N)(C3)C2. The van der Waals surface area contributed by atoms with E-state index in [0.717, 1.165) is 19.3 Å². The highest BCUT2D eigenvalue weighted by Crippen LogP contribution is 2.70. The lowest BCUT2D eigenvalue weighted by molar-refractivity contribution is -0.169. The van der Waals surface area contributed by atoms with Crippen molar-refractivity contribution in [2.24, 2.45) is 28.1 Å². The van der Waals surface area contributed by atoms with Crippen LogP contribution in [0.25, 0.3) is 0 Å². The molecule has 0 heterocycles. The zero-order valence-corrected chi connectivity index (χ0v) is 11.7. The molecule has 0 saturated heterocycles. The molecule has 0 N–H and O–H groups in total. The van der Waals surface area contributed by atoms with Crippen molar-refractivity contribution >= 4 is 5.78 Å². The third-order valence-electron chi connectivity index (χ3n) is 5.67. The highest BCUT2D eigenvalue weighted by atomic mass is 16.1. The molecule has 4 bridgehead atoms. The van der Waals surface area contributed by atoms with Crippen molar-refractivity contribution in [2.75, 3.05) is 0 Å². The van der Waals surface area contributed by atoms with Gasteiger partial charge in [0.05, 0.1) is 12.1 Å². The van der Waals surface area contributed by atoms with E-state index in [1.807, 2.05) is 12.1 Å². The summed E-state index contributed by atoms with van der Waals surface area (Å²) < 4.78 is 0. The molecule has 0 aromatic rings. The van der Waals surface area contributed by atoms with E-state index in [0.29, 0.717) is 5.92 Å². The zero-order valence-electron chi connectivity index (χ0n) is 11.7. The highest BCUT2D eigenvalue weighted by molar-refractivity contribution is 5.91. The molecule has 0 spiro atoms. The predicted molar refractivity (Wildman–Crippen MR) is 69.6 cm³/mol. The number of Topliss-reactive ketones (excluding diaryl/α,β-unsaturated/α-hetero) is 1. The lowest BCUT2D eigenvalue weighted by Crippen LogP contribution is -2.58. The van der Waals surface area contributed by atoms with E-state index in [1.165, 1.54) is 19.3 Å². The average molecular weight is 256 g/mol. The normalized spacial score (nSPS) is 46.9. The summed E-state index contributed by atoms with van der Waals surface area (Å²) in [6.07, 6.45) is 6.35. The van der Waals surface area contributed by atoms with Crippen LogP contribution in [0.3, 0.4) is 0 Å². The van der Waals surface area contributed by atoms with Crippen molar-refractivity contribution in [3.05, 3.63) is 0 Å². The fourth-order valence-corrected chi connectivity index (χ4v) is 6.17. The molecule has 0 amide bonds. The second kappa shape index (κ2) is 3.60. The maximum Gasteiger partial charge on any atom is 0.191 e. The second-order valence-corrected chi connectivity index (χ2v) is 7.97. The Kier molecular flexibility index (Phi) is 2.40. The number of nitriles is 2. The van der Waals surface area contributed by atoms with Gasteiger partial charge < -0.3 is 0 Å². The topological polar surface area (TPSA) is 64.7 Å². The van der Waals surface area contributed by atoms with Gasteiger partial charge in [0.25, 0.3) is 0 Å². The quantitative estimate of drug-likeness (QED) is 0.762. The number of ketones is 1. The molecule has 2 atom stereocenters. The highest BCUT2D eigenvalue weighted by Gasteiger charge is 2.63. The third kappa shape index (κ3) is 1.71. The van der Waals surface area contributed by atoms with Crippen LogP contribution in [-0.2, 0) is 4.79 Å². The van der Waals surface area contributed by atoms with Crippen molar-refractivity contribution in [1.82, 2.24) is 0 Å². The van der Waals surface area contributed by atoms with E-state index >= 15 is 0 Å². The van der Waals surface area contributed by atoms with Crippen LogP contribution in [0.4, 0.5) is 0 Å². The molecule has 0 aromatic heterocycles. The molecule has 0 aromatic carbocycles. The van der Waals surface area contributed by atoms with E-state index in [1.54, 1.807) is 0 Å². The molecule has 4 fully saturated rings. The first-order valence-corrected chi connectivity index (χ1v) is 7.17. The standard InChI is InChI=1S/C16H20N2O/c1-14-3-11-4-15(2,8-14)10-16(5-11,9-14)13(19)12(6-17)7-18/h11-12H,3-5,8-10H2,1-2H3. The monoisotopic (exact) mass is 256 g/mol. The molecule has 3 heteroatoms. The fraction of sp³-hybridized carbons (Fsp3) is 0.812. The number of hydrogen-bond acceptors (Lipinski definition) is 3. The van der Waals surface area contributed by atoms with E-state index in [-0.39, 0.29) is 22.0 Å². The summed E-state index contributed by atoms with van der Waals surface area (Å²) in [5.74, 6) is -0.532. The molecule has 100 valence electrons. The predicted octanol–water partition coefficient (Wildman–Crippen LogP) is 3.22. The number of nitrogens with zero attached hydrogens (tertiary/aromatic N) is 2. The molecular formula is C16H20N2O. The molecule has 2 unspecified atom stereocenters. The van der Waals surface area contributed by atoms with Gasteiger partial charge in [0.2, 0.25) is 0 Å². The minimum Gasteiger partial charge on any atom is -0.296 e. The number of hydrogen-bond donors (Lipinski definition) is 0. The molecule has 19 heavy (non-hydrogen) atoms. The summed E-state index contributed by atoms with van der Waals surface area (Å²) >= 11 is 0. The first-order valence-electron chi connectivity index (χ1n) is 7.17. The van der Waals surface area contributed by atoms with Crippen LogP contribution in [0.1, 0.15) is 52.4 Å². The van der Waals surface area contributed by atoms with Crippen molar-refractivity contribution in [3.63, 3.8) is 0 Å². The molecule has 4 rings (SSSR count). The van der Waals surface area contributed by atoms with Gasteiger partial charge in [-0.25, -0.2) is 0 Å². The summed E-state index contributed by atoms with van der Waals surface area (Å²) in [6.45, 7) is 4.59. The van der Waals surface area contributed by atoms with Crippen molar-refractivity contribution in [3.8, 4) is 12.1 Å².